The Kier molecular flexibility index (Phi) is 4.57. The number of aromatic hydroxyl groups is 1. The second-order valence-electron chi connectivity index (χ2n) is 5.59. The van der Waals surface area contributed by atoms with Crippen molar-refractivity contribution in [3.8, 4) is 5.75 Å². The maximum absolute atomic E-state index is 12.0. The zero-order valence-electron chi connectivity index (χ0n) is 12.8. The second kappa shape index (κ2) is 6.97. The first-order valence-electron chi connectivity index (χ1n) is 7.73. The number of nitrogens with one attached hydrogen (secondary N) is 1. The molecule has 0 fully saturated rings. The van der Waals surface area contributed by atoms with Gasteiger partial charge in [0.15, 0.2) is 0 Å². The van der Waals surface area contributed by atoms with Crippen LogP contribution in [0, 0.1) is 0 Å². The van der Waals surface area contributed by atoms with E-state index in [4.69, 9.17) is 0 Å². The summed E-state index contributed by atoms with van der Waals surface area (Å²) in [6.07, 6.45) is 0.904. The molecule has 0 aliphatic heterocycles. The number of phenolic OH excluding ortho intramolecular Hbond substituents is 1. The Bertz CT molecular complexity index is 826. The molecule has 0 aliphatic rings. The number of hydrogen-bond acceptors (Lipinski definition) is 2. The average Bonchev–Trinajstić information content (AvgIpc) is 2.59. The first-order chi connectivity index (χ1) is 11.2. The van der Waals surface area contributed by atoms with Crippen molar-refractivity contribution >= 4 is 16.7 Å². The molecule has 3 aromatic rings. The third kappa shape index (κ3) is 3.89. The highest BCUT2D eigenvalue weighted by molar-refractivity contribution is 5.83. The highest BCUT2D eigenvalue weighted by Gasteiger charge is 2.05. The van der Waals surface area contributed by atoms with E-state index in [2.05, 4.69) is 29.6 Å². The number of amides is 1. The molecule has 0 spiro atoms. The Morgan fingerprint density at radius 1 is 0.913 bits per heavy atom. The number of aryl methyl sites for hydroxylation is 1. The lowest BCUT2D eigenvalue weighted by molar-refractivity contribution is -0.121. The number of carbonyl (C=O) groups is 1. The lowest BCUT2D eigenvalue weighted by Gasteiger charge is -2.07. The van der Waals surface area contributed by atoms with Crippen molar-refractivity contribution in [3.63, 3.8) is 0 Å². The molecule has 0 atom stereocenters. The van der Waals surface area contributed by atoms with Crippen LogP contribution in [0.15, 0.2) is 66.7 Å². The number of carbonyl (C=O) groups excluding carboxylic acids is 1. The highest BCUT2D eigenvalue weighted by Crippen LogP contribution is 2.17. The smallest absolute Gasteiger partial charge is 0.220 e. The maximum Gasteiger partial charge on any atom is 0.220 e. The van der Waals surface area contributed by atoms with Crippen LogP contribution in [0.2, 0.25) is 0 Å². The van der Waals surface area contributed by atoms with Crippen LogP contribution in [-0.4, -0.2) is 11.0 Å². The van der Waals surface area contributed by atoms with Gasteiger partial charge in [0, 0.05) is 13.0 Å². The van der Waals surface area contributed by atoms with Gasteiger partial charge in [-0.15, -0.1) is 0 Å². The second-order valence-corrected chi connectivity index (χ2v) is 5.59. The molecule has 3 rings (SSSR count). The minimum Gasteiger partial charge on any atom is -0.508 e. The first-order valence-corrected chi connectivity index (χ1v) is 7.73. The van der Waals surface area contributed by atoms with Crippen molar-refractivity contribution in [1.29, 1.82) is 0 Å². The third-order valence-corrected chi connectivity index (χ3v) is 3.92. The Labute approximate surface area is 135 Å². The van der Waals surface area contributed by atoms with Crippen molar-refractivity contribution in [2.75, 3.05) is 0 Å². The zero-order chi connectivity index (χ0) is 16.1. The summed E-state index contributed by atoms with van der Waals surface area (Å²) in [4.78, 5) is 12.0. The van der Waals surface area contributed by atoms with Crippen LogP contribution in [0.25, 0.3) is 10.8 Å². The molecule has 116 valence electrons. The summed E-state index contributed by atoms with van der Waals surface area (Å²) in [6, 6.07) is 21.5. The van der Waals surface area contributed by atoms with Gasteiger partial charge >= 0.3 is 0 Å². The summed E-state index contributed by atoms with van der Waals surface area (Å²) in [6.45, 7) is 0.518. The molecule has 0 aliphatic carbocycles. The molecule has 1 amide bonds. The van der Waals surface area contributed by atoms with Crippen LogP contribution in [-0.2, 0) is 17.8 Å². The van der Waals surface area contributed by atoms with Gasteiger partial charge in [-0.3, -0.25) is 4.79 Å². The molecule has 3 aromatic carbocycles. The number of benzene rings is 3. The first kappa shape index (κ1) is 15.1. The molecule has 0 unspecified atom stereocenters. The molecule has 0 radical (unpaired) electrons. The van der Waals surface area contributed by atoms with Gasteiger partial charge in [-0.1, -0.05) is 54.6 Å². The van der Waals surface area contributed by atoms with Crippen LogP contribution in [0.1, 0.15) is 17.5 Å². The Morgan fingerprint density at radius 2 is 1.65 bits per heavy atom. The van der Waals surface area contributed by atoms with E-state index in [1.807, 2.05) is 30.3 Å². The quantitative estimate of drug-likeness (QED) is 0.753. The molecular formula is C20H19NO2. The monoisotopic (exact) mass is 305 g/mol. The van der Waals surface area contributed by atoms with Crippen LogP contribution in [0.4, 0.5) is 0 Å². The molecule has 2 N–H and O–H groups in total. The van der Waals surface area contributed by atoms with E-state index in [0.717, 1.165) is 11.1 Å². The van der Waals surface area contributed by atoms with Crippen molar-refractivity contribution in [1.82, 2.24) is 5.32 Å². The van der Waals surface area contributed by atoms with Crippen molar-refractivity contribution in [2.45, 2.75) is 19.4 Å². The predicted octanol–water partition coefficient (Wildman–Crippen LogP) is 3.79. The normalized spacial score (nSPS) is 10.6. The standard InChI is InChI=1S/C20H19NO2/c22-19-8-4-3-6-17(19)11-12-20(23)21-14-15-9-10-16-5-1-2-7-18(16)13-15/h1-10,13,22H,11-12,14H2,(H,21,23). The number of para-hydroxylation sites is 1. The van der Waals surface area contributed by atoms with Crippen LogP contribution < -0.4 is 5.32 Å². The predicted molar refractivity (Wildman–Crippen MR) is 92.2 cm³/mol. The van der Waals surface area contributed by atoms with Gasteiger partial charge in [0.2, 0.25) is 5.91 Å². The molecule has 23 heavy (non-hydrogen) atoms. The topological polar surface area (TPSA) is 49.3 Å². The average molecular weight is 305 g/mol. The third-order valence-electron chi connectivity index (χ3n) is 3.92. The van der Waals surface area contributed by atoms with Gasteiger partial charge in [-0.05, 0) is 40.5 Å². The lowest BCUT2D eigenvalue weighted by atomic mass is 10.1. The minimum atomic E-state index is -0.0126. The van der Waals surface area contributed by atoms with Crippen LogP contribution in [0.3, 0.4) is 0 Å². The maximum atomic E-state index is 12.0. The Morgan fingerprint density at radius 3 is 2.48 bits per heavy atom. The van der Waals surface area contributed by atoms with Gasteiger partial charge in [0.1, 0.15) is 5.75 Å². The van der Waals surface area contributed by atoms with Gasteiger partial charge in [0.25, 0.3) is 0 Å². The van der Waals surface area contributed by atoms with E-state index in [9.17, 15) is 9.90 Å². The van der Waals surface area contributed by atoms with E-state index in [1.165, 1.54) is 10.8 Å². The summed E-state index contributed by atoms with van der Waals surface area (Å²) in [7, 11) is 0. The summed E-state index contributed by atoms with van der Waals surface area (Å²) in [5.74, 6) is 0.233. The Hall–Kier alpha value is -2.81. The summed E-state index contributed by atoms with van der Waals surface area (Å²) >= 11 is 0. The molecule has 0 saturated carbocycles. The molecule has 0 aromatic heterocycles. The lowest BCUT2D eigenvalue weighted by Crippen LogP contribution is -2.22. The molecular weight excluding hydrogens is 286 g/mol. The van der Waals surface area contributed by atoms with E-state index >= 15 is 0 Å². The molecule has 3 nitrogen and oxygen atoms in total. The fourth-order valence-electron chi connectivity index (χ4n) is 2.61. The summed E-state index contributed by atoms with van der Waals surface area (Å²) in [5.41, 5.74) is 1.88. The number of phenols is 1. The fraction of sp³-hybridized carbons (Fsp3) is 0.150. The van der Waals surface area contributed by atoms with E-state index in [1.54, 1.807) is 12.1 Å². The van der Waals surface area contributed by atoms with Crippen LogP contribution >= 0.6 is 0 Å². The van der Waals surface area contributed by atoms with E-state index < -0.39 is 0 Å². The number of hydrogen-bond donors (Lipinski definition) is 2. The fourth-order valence-corrected chi connectivity index (χ4v) is 2.61. The van der Waals surface area contributed by atoms with E-state index in [0.29, 0.717) is 19.4 Å². The van der Waals surface area contributed by atoms with Crippen LogP contribution in [0.5, 0.6) is 5.75 Å². The Balaban J connectivity index is 1.54. The van der Waals surface area contributed by atoms with Crippen molar-refractivity contribution in [2.24, 2.45) is 0 Å². The molecule has 0 bridgehead atoms. The van der Waals surface area contributed by atoms with Crippen molar-refractivity contribution in [3.05, 3.63) is 77.9 Å². The SMILES string of the molecule is O=C(CCc1ccccc1O)NCc1ccc2ccccc2c1. The van der Waals surface area contributed by atoms with Gasteiger partial charge in [0.05, 0.1) is 0 Å². The number of rotatable bonds is 5. The summed E-state index contributed by atoms with van der Waals surface area (Å²) < 4.78 is 0. The summed E-state index contributed by atoms with van der Waals surface area (Å²) in [5, 5.41) is 15.0. The van der Waals surface area contributed by atoms with Crippen molar-refractivity contribution < 1.29 is 9.90 Å². The molecule has 3 heteroatoms. The van der Waals surface area contributed by atoms with E-state index in [-0.39, 0.29) is 11.7 Å². The van der Waals surface area contributed by atoms with Gasteiger partial charge in [-0.25, -0.2) is 0 Å². The van der Waals surface area contributed by atoms with Gasteiger partial charge < -0.3 is 10.4 Å². The number of fused-ring (bicyclic) bond motifs is 1. The molecule has 0 saturated heterocycles. The van der Waals surface area contributed by atoms with Gasteiger partial charge in [-0.2, -0.15) is 0 Å². The minimum absolute atomic E-state index is 0.0126. The molecule has 0 heterocycles. The zero-order valence-corrected chi connectivity index (χ0v) is 12.8. The largest absolute Gasteiger partial charge is 0.508 e. The highest BCUT2D eigenvalue weighted by atomic mass is 16.3.